The standard InChI is InChI=1S/C26H32ClN5O3/c1-19-7-8-21(15-22(19)27)29-24(33)16-23-26(35)28-9-10-32(23)25(34)18-31-13-11-30(12-14-31)17-20-5-3-2-4-6-20/h2-8,15,23H,9-14,16-18H2,1H3,(H,28,35)(H,29,33). The van der Waals surface area contributed by atoms with Crippen LogP contribution in [0.5, 0.6) is 0 Å². The third-order valence-corrected chi connectivity index (χ3v) is 6.97. The molecular weight excluding hydrogens is 466 g/mol. The van der Waals surface area contributed by atoms with Crippen molar-refractivity contribution in [1.29, 1.82) is 0 Å². The zero-order valence-electron chi connectivity index (χ0n) is 20.0. The minimum Gasteiger partial charge on any atom is -0.353 e. The number of carbonyl (C=O) groups excluding carboxylic acids is 3. The molecule has 4 rings (SSSR count). The third kappa shape index (κ3) is 6.81. The Bertz CT molecular complexity index is 1060. The van der Waals surface area contributed by atoms with Crippen LogP contribution in [0.25, 0.3) is 0 Å². The van der Waals surface area contributed by atoms with E-state index >= 15 is 0 Å². The molecular formula is C26H32ClN5O3. The Morgan fingerprint density at radius 1 is 1.03 bits per heavy atom. The molecule has 1 unspecified atom stereocenters. The van der Waals surface area contributed by atoms with Crippen LogP contribution in [0.1, 0.15) is 17.5 Å². The molecule has 35 heavy (non-hydrogen) atoms. The molecule has 0 bridgehead atoms. The number of halogens is 1. The first-order valence-corrected chi connectivity index (χ1v) is 12.4. The molecule has 2 aliphatic rings. The number of amides is 3. The number of hydrogen-bond donors (Lipinski definition) is 2. The average molecular weight is 498 g/mol. The van der Waals surface area contributed by atoms with E-state index in [9.17, 15) is 14.4 Å². The molecule has 2 fully saturated rings. The monoisotopic (exact) mass is 497 g/mol. The van der Waals surface area contributed by atoms with Gasteiger partial charge in [0.1, 0.15) is 6.04 Å². The van der Waals surface area contributed by atoms with E-state index in [-0.39, 0.29) is 30.7 Å². The van der Waals surface area contributed by atoms with Gasteiger partial charge in [-0.3, -0.25) is 24.2 Å². The highest BCUT2D eigenvalue weighted by Crippen LogP contribution is 2.21. The molecule has 8 nitrogen and oxygen atoms in total. The van der Waals surface area contributed by atoms with E-state index in [1.54, 1.807) is 17.0 Å². The SMILES string of the molecule is Cc1ccc(NC(=O)CC2C(=O)NCCN2C(=O)CN2CCN(Cc3ccccc3)CC2)cc1Cl. The molecule has 0 saturated carbocycles. The fourth-order valence-electron chi connectivity index (χ4n) is 4.50. The van der Waals surface area contributed by atoms with E-state index < -0.39 is 6.04 Å². The summed E-state index contributed by atoms with van der Waals surface area (Å²) in [7, 11) is 0. The van der Waals surface area contributed by atoms with Gasteiger partial charge in [0.05, 0.1) is 13.0 Å². The predicted octanol–water partition coefficient (Wildman–Crippen LogP) is 2.12. The quantitative estimate of drug-likeness (QED) is 0.612. The van der Waals surface area contributed by atoms with Crippen LogP contribution >= 0.6 is 11.6 Å². The number of anilines is 1. The summed E-state index contributed by atoms with van der Waals surface area (Å²) in [5, 5.41) is 6.12. The highest BCUT2D eigenvalue weighted by molar-refractivity contribution is 6.31. The molecule has 9 heteroatoms. The molecule has 2 aliphatic heterocycles. The molecule has 3 amide bonds. The van der Waals surface area contributed by atoms with E-state index in [1.807, 2.05) is 31.2 Å². The Balaban J connectivity index is 1.30. The van der Waals surface area contributed by atoms with Crippen molar-refractivity contribution >= 4 is 35.0 Å². The van der Waals surface area contributed by atoms with E-state index in [0.29, 0.717) is 23.8 Å². The van der Waals surface area contributed by atoms with E-state index in [1.165, 1.54) is 5.56 Å². The molecule has 2 N–H and O–H groups in total. The largest absolute Gasteiger partial charge is 0.353 e. The van der Waals surface area contributed by atoms with Gasteiger partial charge in [-0.05, 0) is 30.2 Å². The van der Waals surface area contributed by atoms with Crippen LogP contribution in [-0.2, 0) is 20.9 Å². The second-order valence-electron chi connectivity index (χ2n) is 9.15. The summed E-state index contributed by atoms with van der Waals surface area (Å²) in [4.78, 5) is 44.5. The fourth-order valence-corrected chi connectivity index (χ4v) is 4.68. The van der Waals surface area contributed by atoms with Crippen LogP contribution in [0.3, 0.4) is 0 Å². The summed E-state index contributed by atoms with van der Waals surface area (Å²) in [6.45, 7) is 7.16. The van der Waals surface area contributed by atoms with Gasteiger partial charge in [-0.2, -0.15) is 0 Å². The van der Waals surface area contributed by atoms with Crippen molar-refractivity contribution in [1.82, 2.24) is 20.0 Å². The number of nitrogens with one attached hydrogen (secondary N) is 2. The summed E-state index contributed by atoms with van der Waals surface area (Å²) < 4.78 is 0. The maximum Gasteiger partial charge on any atom is 0.243 e. The van der Waals surface area contributed by atoms with Gasteiger partial charge in [-0.1, -0.05) is 48.0 Å². The summed E-state index contributed by atoms with van der Waals surface area (Å²) in [5.74, 6) is -0.749. The molecule has 0 aliphatic carbocycles. The zero-order chi connectivity index (χ0) is 24.8. The van der Waals surface area contributed by atoms with Gasteiger partial charge in [0.2, 0.25) is 17.7 Å². The van der Waals surface area contributed by atoms with Gasteiger partial charge >= 0.3 is 0 Å². The Hall–Kier alpha value is -2.94. The van der Waals surface area contributed by atoms with Crippen molar-refractivity contribution < 1.29 is 14.4 Å². The van der Waals surface area contributed by atoms with Gasteiger partial charge in [-0.25, -0.2) is 0 Å². The first-order valence-electron chi connectivity index (χ1n) is 12.0. The average Bonchev–Trinajstić information content (AvgIpc) is 2.84. The first kappa shape index (κ1) is 25.2. The predicted molar refractivity (Wildman–Crippen MR) is 136 cm³/mol. The number of piperazine rings is 2. The second kappa shape index (κ2) is 11.7. The molecule has 2 aromatic rings. The third-order valence-electron chi connectivity index (χ3n) is 6.56. The number of hydrogen-bond acceptors (Lipinski definition) is 5. The lowest BCUT2D eigenvalue weighted by molar-refractivity contribution is -0.145. The van der Waals surface area contributed by atoms with E-state index in [0.717, 1.165) is 38.3 Å². The maximum absolute atomic E-state index is 13.2. The van der Waals surface area contributed by atoms with Gasteiger partial charge in [0.25, 0.3) is 0 Å². The van der Waals surface area contributed by atoms with Gasteiger partial charge in [0, 0.05) is 56.5 Å². The van der Waals surface area contributed by atoms with Crippen molar-refractivity contribution in [2.45, 2.75) is 25.9 Å². The second-order valence-corrected chi connectivity index (χ2v) is 9.56. The Morgan fingerprint density at radius 2 is 1.74 bits per heavy atom. The minimum absolute atomic E-state index is 0.103. The summed E-state index contributed by atoms with van der Waals surface area (Å²) >= 11 is 6.14. The molecule has 186 valence electrons. The number of benzene rings is 2. The topological polar surface area (TPSA) is 85.0 Å². The van der Waals surface area contributed by atoms with Crippen LogP contribution in [0.15, 0.2) is 48.5 Å². The number of carbonyl (C=O) groups is 3. The summed E-state index contributed by atoms with van der Waals surface area (Å²) in [6, 6.07) is 14.8. The molecule has 2 saturated heterocycles. The summed E-state index contributed by atoms with van der Waals surface area (Å²) in [5.41, 5.74) is 2.76. The molecule has 2 aromatic carbocycles. The van der Waals surface area contributed by atoms with Gasteiger partial charge in [0.15, 0.2) is 0 Å². The number of rotatable bonds is 7. The normalized spacial score (nSPS) is 19.3. The maximum atomic E-state index is 13.2. The van der Waals surface area contributed by atoms with Crippen LogP contribution in [0.4, 0.5) is 5.69 Å². The Labute approximate surface area is 211 Å². The van der Waals surface area contributed by atoms with Crippen molar-refractivity contribution in [2.24, 2.45) is 0 Å². The lowest BCUT2D eigenvalue weighted by atomic mass is 10.1. The molecule has 2 heterocycles. The molecule has 0 aromatic heterocycles. The molecule has 1 atom stereocenters. The number of aryl methyl sites for hydroxylation is 1. The Morgan fingerprint density at radius 3 is 2.46 bits per heavy atom. The first-order chi connectivity index (χ1) is 16.9. The van der Waals surface area contributed by atoms with Crippen molar-refractivity contribution in [3.63, 3.8) is 0 Å². The van der Waals surface area contributed by atoms with Gasteiger partial charge < -0.3 is 15.5 Å². The van der Waals surface area contributed by atoms with Crippen LogP contribution in [0.2, 0.25) is 5.02 Å². The molecule has 0 spiro atoms. The van der Waals surface area contributed by atoms with Crippen LogP contribution in [0, 0.1) is 6.92 Å². The summed E-state index contributed by atoms with van der Waals surface area (Å²) in [6.07, 6.45) is -0.103. The minimum atomic E-state index is -0.823. The highest BCUT2D eigenvalue weighted by Gasteiger charge is 2.35. The van der Waals surface area contributed by atoms with Crippen molar-refractivity contribution in [2.75, 3.05) is 51.1 Å². The number of nitrogens with zero attached hydrogens (tertiary/aromatic N) is 3. The lowest BCUT2D eigenvalue weighted by Gasteiger charge is -2.38. The fraction of sp³-hybridized carbons (Fsp3) is 0.423. The van der Waals surface area contributed by atoms with Crippen molar-refractivity contribution in [3.05, 3.63) is 64.7 Å². The van der Waals surface area contributed by atoms with E-state index in [4.69, 9.17) is 11.6 Å². The lowest BCUT2D eigenvalue weighted by Crippen LogP contribution is -2.60. The van der Waals surface area contributed by atoms with Gasteiger partial charge in [-0.15, -0.1) is 0 Å². The van der Waals surface area contributed by atoms with Crippen molar-refractivity contribution in [3.8, 4) is 0 Å². The smallest absolute Gasteiger partial charge is 0.243 e. The highest BCUT2D eigenvalue weighted by atomic mass is 35.5. The van der Waals surface area contributed by atoms with Crippen LogP contribution in [-0.4, -0.2) is 84.3 Å². The molecule has 0 radical (unpaired) electrons. The Kier molecular flexibility index (Phi) is 8.38. The zero-order valence-corrected chi connectivity index (χ0v) is 20.8. The van der Waals surface area contributed by atoms with E-state index in [2.05, 4.69) is 32.6 Å². The van der Waals surface area contributed by atoms with Crippen LogP contribution < -0.4 is 10.6 Å².